The summed E-state index contributed by atoms with van der Waals surface area (Å²) in [6, 6.07) is 27.4. The number of hydrogen-bond donors (Lipinski definition) is 0. The van der Waals surface area contributed by atoms with Crippen LogP contribution in [0, 0.1) is 5.92 Å². The minimum Gasteiger partial charge on any atom is -0.303 e. The van der Waals surface area contributed by atoms with Crippen LogP contribution in [0.3, 0.4) is 0 Å². The first kappa shape index (κ1) is 24.0. The Morgan fingerprint density at radius 1 is 0.833 bits per heavy atom. The van der Waals surface area contributed by atoms with Crippen molar-refractivity contribution in [2.45, 2.75) is 34.0 Å². The number of piperidine rings is 1. The average Bonchev–Trinajstić information content (AvgIpc) is 3.46. The molecule has 1 spiro atoms. The summed E-state index contributed by atoms with van der Waals surface area (Å²) in [5.74, 6) is 1.13. The molecular formula is C29H32N2O3S2. The van der Waals surface area contributed by atoms with Crippen LogP contribution in [0.5, 0.6) is 0 Å². The predicted octanol–water partition coefficient (Wildman–Crippen LogP) is 4.25. The maximum Gasteiger partial charge on any atom is 0.243 e. The van der Waals surface area contributed by atoms with E-state index in [1.807, 2.05) is 36.4 Å². The summed E-state index contributed by atoms with van der Waals surface area (Å²) >= 11 is 0. The van der Waals surface area contributed by atoms with Gasteiger partial charge >= 0.3 is 0 Å². The van der Waals surface area contributed by atoms with Crippen LogP contribution in [0.4, 0.5) is 0 Å². The van der Waals surface area contributed by atoms with E-state index in [9.17, 15) is 12.6 Å². The maximum atomic E-state index is 13.5. The standard InChI is InChI=1S/C29H32N2O3S2/c32-35-22-29(27-13-7-8-14-28(27)35)15-17-30(18-16-29)19-24-20-31(21-26(24)23-9-3-1-4-10-23)36(33,34)25-11-5-2-6-12-25/h1-14,24,26H,15-22H2/t24-,26-,35?/m0/s1. The molecule has 3 aliphatic rings. The van der Waals surface area contributed by atoms with Gasteiger partial charge in [-0.3, -0.25) is 4.21 Å². The molecule has 3 aliphatic heterocycles. The second kappa shape index (κ2) is 9.53. The van der Waals surface area contributed by atoms with E-state index in [1.165, 1.54) is 11.1 Å². The van der Waals surface area contributed by atoms with Gasteiger partial charge in [-0.15, -0.1) is 0 Å². The third kappa shape index (κ3) is 4.26. The van der Waals surface area contributed by atoms with Crippen molar-refractivity contribution in [2.24, 2.45) is 5.92 Å². The highest BCUT2D eigenvalue weighted by Crippen LogP contribution is 2.45. The number of sulfonamides is 1. The molecule has 188 valence electrons. The molecule has 0 N–H and O–H groups in total. The van der Waals surface area contributed by atoms with E-state index in [2.05, 4.69) is 29.2 Å². The van der Waals surface area contributed by atoms with Gasteiger partial charge in [0.1, 0.15) is 0 Å². The molecule has 0 aliphatic carbocycles. The molecule has 3 atom stereocenters. The van der Waals surface area contributed by atoms with Crippen molar-refractivity contribution in [1.82, 2.24) is 9.21 Å². The molecule has 2 fully saturated rings. The summed E-state index contributed by atoms with van der Waals surface area (Å²) in [4.78, 5) is 3.90. The van der Waals surface area contributed by atoms with Gasteiger partial charge in [-0.25, -0.2) is 8.42 Å². The van der Waals surface area contributed by atoms with Crippen molar-refractivity contribution >= 4 is 20.8 Å². The third-order valence-electron chi connectivity index (χ3n) is 8.43. The predicted molar refractivity (Wildman–Crippen MR) is 143 cm³/mol. The summed E-state index contributed by atoms with van der Waals surface area (Å²) in [5.41, 5.74) is 2.52. The van der Waals surface area contributed by atoms with Crippen molar-refractivity contribution in [3.05, 3.63) is 96.1 Å². The first-order chi connectivity index (χ1) is 17.5. The van der Waals surface area contributed by atoms with Gasteiger partial charge in [0.15, 0.2) is 0 Å². The molecule has 3 heterocycles. The Balaban J connectivity index is 1.20. The summed E-state index contributed by atoms with van der Waals surface area (Å²) in [6.07, 6.45) is 2.01. The topological polar surface area (TPSA) is 57.7 Å². The molecule has 0 amide bonds. The van der Waals surface area contributed by atoms with Crippen molar-refractivity contribution in [3.63, 3.8) is 0 Å². The fourth-order valence-electron chi connectivity index (χ4n) is 6.45. The van der Waals surface area contributed by atoms with E-state index in [0.717, 1.165) is 43.1 Å². The van der Waals surface area contributed by atoms with Crippen molar-refractivity contribution < 1.29 is 12.6 Å². The van der Waals surface area contributed by atoms with Crippen LogP contribution in [-0.4, -0.2) is 60.3 Å². The molecular weight excluding hydrogens is 488 g/mol. The van der Waals surface area contributed by atoms with Crippen LogP contribution in [-0.2, 0) is 26.2 Å². The maximum absolute atomic E-state index is 13.5. The number of rotatable bonds is 5. The largest absolute Gasteiger partial charge is 0.303 e. The Hall–Kier alpha value is -2.32. The van der Waals surface area contributed by atoms with E-state index < -0.39 is 20.8 Å². The highest BCUT2D eigenvalue weighted by molar-refractivity contribution is 7.89. The number of benzene rings is 3. The quantitative estimate of drug-likeness (QED) is 0.505. The van der Waals surface area contributed by atoms with Gasteiger partial charge in [-0.05, 0) is 61.2 Å². The molecule has 0 saturated carbocycles. The lowest BCUT2D eigenvalue weighted by molar-refractivity contribution is 0.148. The second-order valence-electron chi connectivity index (χ2n) is 10.5. The number of nitrogens with zero attached hydrogens (tertiary/aromatic N) is 2. The van der Waals surface area contributed by atoms with Gasteiger partial charge in [0.05, 0.1) is 15.7 Å². The van der Waals surface area contributed by atoms with E-state index >= 15 is 0 Å². The highest BCUT2D eigenvalue weighted by Gasteiger charge is 2.46. The van der Waals surface area contributed by atoms with Crippen LogP contribution in [0.25, 0.3) is 0 Å². The molecule has 3 aromatic rings. The lowest BCUT2D eigenvalue weighted by atomic mass is 9.74. The van der Waals surface area contributed by atoms with Crippen LogP contribution in [0.2, 0.25) is 0 Å². The zero-order chi connectivity index (χ0) is 24.8. The minimum absolute atomic E-state index is 0.0230. The molecule has 0 bridgehead atoms. The van der Waals surface area contributed by atoms with Crippen LogP contribution in [0.1, 0.15) is 29.9 Å². The van der Waals surface area contributed by atoms with Gasteiger partial charge in [-0.2, -0.15) is 4.31 Å². The number of fused-ring (bicyclic) bond motifs is 2. The summed E-state index contributed by atoms with van der Waals surface area (Å²) in [7, 11) is -4.44. The number of likely N-dealkylation sites (tertiary alicyclic amines) is 1. The van der Waals surface area contributed by atoms with Gasteiger partial charge < -0.3 is 4.90 Å². The fraction of sp³-hybridized carbons (Fsp3) is 0.379. The first-order valence-electron chi connectivity index (χ1n) is 12.8. The van der Waals surface area contributed by atoms with E-state index in [0.29, 0.717) is 18.0 Å². The van der Waals surface area contributed by atoms with Crippen LogP contribution >= 0.6 is 0 Å². The second-order valence-corrected chi connectivity index (χ2v) is 13.8. The first-order valence-corrected chi connectivity index (χ1v) is 15.5. The Morgan fingerprint density at radius 2 is 1.47 bits per heavy atom. The number of hydrogen-bond acceptors (Lipinski definition) is 4. The molecule has 6 rings (SSSR count). The lowest BCUT2D eigenvalue weighted by Crippen LogP contribution is -2.45. The SMILES string of the molecule is O=S1CC2(CCN(C[C@H]3CN(S(=O)(=O)c4ccccc4)C[C@H]3c3ccccc3)CC2)c2ccccc21. The van der Waals surface area contributed by atoms with Gasteiger partial charge in [0.2, 0.25) is 10.0 Å². The van der Waals surface area contributed by atoms with Gasteiger partial charge in [0.25, 0.3) is 0 Å². The van der Waals surface area contributed by atoms with Gasteiger partial charge in [-0.1, -0.05) is 66.7 Å². The van der Waals surface area contributed by atoms with E-state index in [4.69, 9.17) is 0 Å². The molecule has 1 unspecified atom stereocenters. The molecule has 7 heteroatoms. The van der Waals surface area contributed by atoms with Crippen molar-refractivity contribution in [3.8, 4) is 0 Å². The van der Waals surface area contributed by atoms with E-state index in [-0.39, 0.29) is 17.3 Å². The summed E-state index contributed by atoms with van der Waals surface area (Å²) in [5, 5.41) is 0. The normalized spacial score (nSPS) is 26.3. The highest BCUT2D eigenvalue weighted by atomic mass is 32.2. The van der Waals surface area contributed by atoms with E-state index in [1.54, 1.807) is 28.6 Å². The van der Waals surface area contributed by atoms with Crippen molar-refractivity contribution in [1.29, 1.82) is 0 Å². The molecule has 3 aromatic carbocycles. The van der Waals surface area contributed by atoms with Gasteiger partial charge in [0, 0.05) is 41.6 Å². The monoisotopic (exact) mass is 520 g/mol. The summed E-state index contributed by atoms with van der Waals surface area (Å²) in [6.45, 7) is 3.83. The Kier molecular flexibility index (Phi) is 6.36. The zero-order valence-corrected chi connectivity index (χ0v) is 22.0. The minimum atomic E-state index is -3.53. The summed E-state index contributed by atoms with van der Waals surface area (Å²) < 4.78 is 41.4. The fourth-order valence-corrected chi connectivity index (χ4v) is 9.86. The molecule has 5 nitrogen and oxygen atoms in total. The van der Waals surface area contributed by atoms with Crippen LogP contribution in [0.15, 0.2) is 94.7 Å². The molecule has 0 aromatic heterocycles. The Morgan fingerprint density at radius 3 is 2.19 bits per heavy atom. The van der Waals surface area contributed by atoms with Crippen LogP contribution < -0.4 is 0 Å². The molecule has 0 radical (unpaired) electrons. The lowest BCUT2D eigenvalue weighted by Gasteiger charge is -2.40. The molecule has 2 saturated heterocycles. The smallest absolute Gasteiger partial charge is 0.243 e. The van der Waals surface area contributed by atoms with Crippen molar-refractivity contribution in [2.75, 3.05) is 38.5 Å². The Bertz CT molecular complexity index is 1350. The average molecular weight is 521 g/mol. The zero-order valence-electron chi connectivity index (χ0n) is 20.3. The Labute approximate surface area is 216 Å². The third-order valence-corrected chi connectivity index (χ3v) is 11.9. The molecule has 36 heavy (non-hydrogen) atoms.